The Bertz CT molecular complexity index is 563. The summed E-state index contributed by atoms with van der Waals surface area (Å²) < 4.78 is 68.2. The Morgan fingerprint density at radius 3 is 2.50 bits per heavy atom. The van der Waals surface area contributed by atoms with Gasteiger partial charge in [-0.05, 0) is 6.92 Å². The maximum absolute atomic E-state index is 12.9. The first kappa shape index (κ1) is 15.8. The zero-order valence-electron chi connectivity index (χ0n) is 9.96. The van der Waals surface area contributed by atoms with Crippen LogP contribution in [0.5, 0.6) is 0 Å². The second kappa shape index (κ2) is 5.81. The molecule has 0 unspecified atom stereocenters. The first-order chi connectivity index (χ1) is 9.23. The zero-order chi connectivity index (χ0) is 15.5. The molecule has 0 fully saturated rings. The molecule has 0 saturated carbocycles. The summed E-state index contributed by atoms with van der Waals surface area (Å²) in [6, 6.07) is 1.04. The number of hydrogen-bond acceptors (Lipinski definition) is 4. The van der Waals surface area contributed by atoms with Gasteiger partial charge in [-0.15, -0.1) is 0 Å². The Labute approximate surface area is 109 Å². The maximum Gasteiger partial charge on any atom is 0.420 e. The van der Waals surface area contributed by atoms with Gasteiger partial charge in [0.15, 0.2) is 5.69 Å². The molecule has 1 aromatic heterocycles. The molecule has 0 spiro atoms. The topological polar surface area (TPSA) is 63.0 Å². The van der Waals surface area contributed by atoms with Crippen molar-refractivity contribution < 1.29 is 31.5 Å². The van der Waals surface area contributed by atoms with Crippen LogP contribution in [0.15, 0.2) is 6.20 Å². The molecule has 0 N–H and O–H groups in total. The van der Waals surface area contributed by atoms with Gasteiger partial charge in [0.05, 0.1) is 17.7 Å². The van der Waals surface area contributed by atoms with E-state index in [2.05, 4.69) is 9.72 Å². The molecular formula is C11H7F5N2O2. The van der Waals surface area contributed by atoms with E-state index in [9.17, 15) is 26.7 Å². The molecule has 0 aromatic carbocycles. The lowest BCUT2D eigenvalue weighted by molar-refractivity contribution is -0.138. The fourth-order valence-corrected chi connectivity index (χ4v) is 1.44. The van der Waals surface area contributed by atoms with Crippen molar-refractivity contribution in [2.75, 3.05) is 6.61 Å². The second-order valence-electron chi connectivity index (χ2n) is 3.44. The average molecular weight is 294 g/mol. The molecule has 0 radical (unpaired) electrons. The Kier molecular flexibility index (Phi) is 4.60. The van der Waals surface area contributed by atoms with Crippen LogP contribution in [-0.4, -0.2) is 17.6 Å². The summed E-state index contributed by atoms with van der Waals surface area (Å²) in [7, 11) is 0. The highest BCUT2D eigenvalue weighted by Gasteiger charge is 2.41. The SMILES string of the molecule is CCOC(=O)c1ncc(C(F)F)c(C#N)c1C(F)(F)F. The number of hydrogen-bond donors (Lipinski definition) is 0. The number of nitrogens with zero attached hydrogens (tertiary/aromatic N) is 2. The van der Waals surface area contributed by atoms with Crippen LogP contribution < -0.4 is 0 Å². The number of aromatic nitrogens is 1. The normalized spacial score (nSPS) is 11.3. The summed E-state index contributed by atoms with van der Waals surface area (Å²) in [5, 5.41) is 8.68. The van der Waals surface area contributed by atoms with Crippen molar-refractivity contribution in [3.63, 3.8) is 0 Å². The minimum Gasteiger partial charge on any atom is -0.461 e. The largest absolute Gasteiger partial charge is 0.461 e. The molecule has 1 rings (SSSR count). The molecule has 0 amide bonds. The number of carbonyl (C=O) groups is 1. The van der Waals surface area contributed by atoms with Gasteiger partial charge in [0.1, 0.15) is 11.6 Å². The third-order valence-electron chi connectivity index (χ3n) is 2.21. The van der Waals surface area contributed by atoms with Gasteiger partial charge in [0.25, 0.3) is 6.43 Å². The van der Waals surface area contributed by atoms with Gasteiger partial charge in [0, 0.05) is 6.20 Å². The van der Waals surface area contributed by atoms with Crippen LogP contribution in [0.25, 0.3) is 0 Å². The summed E-state index contributed by atoms with van der Waals surface area (Å²) in [6.07, 6.45) is -8.15. The summed E-state index contributed by atoms with van der Waals surface area (Å²) in [6.45, 7) is 1.13. The van der Waals surface area contributed by atoms with E-state index in [1.807, 2.05) is 0 Å². The van der Waals surface area contributed by atoms with Crippen molar-refractivity contribution in [1.29, 1.82) is 5.26 Å². The Hall–Kier alpha value is -2.24. The number of pyridine rings is 1. The molecule has 108 valence electrons. The lowest BCUT2D eigenvalue weighted by Gasteiger charge is -2.15. The number of esters is 1. The lowest BCUT2D eigenvalue weighted by Crippen LogP contribution is -2.20. The smallest absolute Gasteiger partial charge is 0.420 e. The number of rotatable bonds is 3. The Morgan fingerprint density at radius 1 is 1.50 bits per heavy atom. The summed E-state index contributed by atoms with van der Waals surface area (Å²) in [5.41, 5.74) is -5.53. The molecule has 4 nitrogen and oxygen atoms in total. The van der Waals surface area contributed by atoms with Crippen LogP contribution in [0.1, 0.15) is 40.5 Å². The average Bonchev–Trinajstić information content (AvgIpc) is 2.35. The number of alkyl halides is 5. The van der Waals surface area contributed by atoms with E-state index >= 15 is 0 Å². The van der Waals surface area contributed by atoms with Gasteiger partial charge in [-0.25, -0.2) is 18.6 Å². The number of carbonyl (C=O) groups excluding carboxylic acids is 1. The van der Waals surface area contributed by atoms with Crippen molar-refractivity contribution in [2.24, 2.45) is 0 Å². The van der Waals surface area contributed by atoms with Crippen molar-refractivity contribution in [3.05, 3.63) is 28.6 Å². The first-order valence-electron chi connectivity index (χ1n) is 5.19. The second-order valence-corrected chi connectivity index (χ2v) is 3.44. The fraction of sp³-hybridized carbons (Fsp3) is 0.364. The quantitative estimate of drug-likeness (QED) is 0.635. The molecule has 0 aliphatic rings. The highest BCUT2D eigenvalue weighted by atomic mass is 19.4. The van der Waals surface area contributed by atoms with Gasteiger partial charge < -0.3 is 4.74 Å². The molecule has 0 atom stereocenters. The molecule has 0 saturated heterocycles. The van der Waals surface area contributed by atoms with E-state index in [4.69, 9.17) is 5.26 Å². The monoisotopic (exact) mass is 294 g/mol. The highest BCUT2D eigenvalue weighted by Crippen LogP contribution is 2.37. The number of ether oxygens (including phenoxy) is 1. The van der Waals surface area contributed by atoms with Crippen molar-refractivity contribution >= 4 is 5.97 Å². The molecule has 1 aromatic rings. The van der Waals surface area contributed by atoms with E-state index in [1.165, 1.54) is 6.92 Å². The predicted octanol–water partition coefficient (Wildman–Crippen LogP) is 3.09. The highest BCUT2D eigenvalue weighted by molar-refractivity contribution is 5.90. The third-order valence-corrected chi connectivity index (χ3v) is 2.21. The predicted molar refractivity (Wildman–Crippen MR) is 54.9 cm³/mol. The van der Waals surface area contributed by atoms with Gasteiger partial charge >= 0.3 is 12.1 Å². The minimum atomic E-state index is -5.19. The van der Waals surface area contributed by atoms with E-state index in [0.717, 1.165) is 6.07 Å². The Morgan fingerprint density at radius 2 is 2.10 bits per heavy atom. The summed E-state index contributed by atoms with van der Waals surface area (Å²) >= 11 is 0. The van der Waals surface area contributed by atoms with E-state index in [1.54, 1.807) is 0 Å². The van der Waals surface area contributed by atoms with Gasteiger partial charge in [0.2, 0.25) is 0 Å². The van der Waals surface area contributed by atoms with E-state index in [-0.39, 0.29) is 6.61 Å². The van der Waals surface area contributed by atoms with Crippen LogP contribution in [0, 0.1) is 11.3 Å². The van der Waals surface area contributed by atoms with Crippen molar-refractivity contribution in [1.82, 2.24) is 4.98 Å². The molecule has 20 heavy (non-hydrogen) atoms. The van der Waals surface area contributed by atoms with E-state index < -0.39 is 41.0 Å². The fourth-order valence-electron chi connectivity index (χ4n) is 1.44. The van der Waals surface area contributed by atoms with Gasteiger partial charge in [-0.3, -0.25) is 0 Å². The molecule has 1 heterocycles. The molecule has 9 heteroatoms. The molecule has 0 bridgehead atoms. The minimum absolute atomic E-state index is 0.226. The van der Waals surface area contributed by atoms with Crippen molar-refractivity contribution in [3.8, 4) is 6.07 Å². The molecule has 0 aliphatic heterocycles. The number of nitriles is 1. The van der Waals surface area contributed by atoms with Crippen LogP contribution >= 0.6 is 0 Å². The summed E-state index contributed by atoms with van der Waals surface area (Å²) in [4.78, 5) is 14.4. The number of halogens is 5. The van der Waals surface area contributed by atoms with Crippen LogP contribution in [0.3, 0.4) is 0 Å². The molecular weight excluding hydrogens is 287 g/mol. The standard InChI is InChI=1S/C11H7F5N2O2/c1-2-20-10(19)8-7(11(14,15)16)5(3-17)6(4-18-8)9(12)13/h4,9H,2H2,1H3. The third kappa shape index (κ3) is 3.01. The van der Waals surface area contributed by atoms with Crippen LogP contribution in [0.4, 0.5) is 22.0 Å². The zero-order valence-corrected chi connectivity index (χ0v) is 9.96. The summed E-state index contributed by atoms with van der Waals surface area (Å²) in [5.74, 6) is -1.43. The van der Waals surface area contributed by atoms with Crippen molar-refractivity contribution in [2.45, 2.75) is 19.5 Å². The molecule has 0 aliphatic carbocycles. The maximum atomic E-state index is 12.9. The first-order valence-corrected chi connectivity index (χ1v) is 5.19. The van der Waals surface area contributed by atoms with Gasteiger partial charge in [-0.2, -0.15) is 18.4 Å². The van der Waals surface area contributed by atoms with E-state index in [0.29, 0.717) is 6.20 Å². The Balaban J connectivity index is 3.64. The van der Waals surface area contributed by atoms with Crippen LogP contribution in [-0.2, 0) is 10.9 Å². The van der Waals surface area contributed by atoms with Gasteiger partial charge in [-0.1, -0.05) is 0 Å². The van der Waals surface area contributed by atoms with Crippen LogP contribution in [0.2, 0.25) is 0 Å². The lowest BCUT2D eigenvalue weighted by atomic mass is 10.0.